The fraction of sp³-hybridized carbons (Fsp3) is 0.235. The van der Waals surface area contributed by atoms with Crippen molar-refractivity contribution in [1.82, 2.24) is 0 Å². The highest BCUT2D eigenvalue weighted by atomic mass is 32.2. The SMILES string of the molecule is Cc1ccc(C)c(Sc2ccc3c(c2)N(C)C(=O)C3N)c1. The molecule has 0 radical (unpaired) electrons. The van der Waals surface area contributed by atoms with Crippen LogP contribution in [-0.4, -0.2) is 13.0 Å². The molecule has 1 aliphatic rings. The molecule has 1 aliphatic heterocycles. The predicted molar refractivity (Wildman–Crippen MR) is 86.8 cm³/mol. The molecule has 1 heterocycles. The summed E-state index contributed by atoms with van der Waals surface area (Å²) in [6.07, 6.45) is 0. The summed E-state index contributed by atoms with van der Waals surface area (Å²) < 4.78 is 0. The van der Waals surface area contributed by atoms with Crippen LogP contribution in [0.1, 0.15) is 22.7 Å². The summed E-state index contributed by atoms with van der Waals surface area (Å²) >= 11 is 1.72. The summed E-state index contributed by atoms with van der Waals surface area (Å²) in [6, 6.07) is 12.0. The third kappa shape index (κ3) is 2.45. The molecule has 0 bridgehead atoms. The number of nitrogens with two attached hydrogens (primary N) is 1. The minimum atomic E-state index is -0.523. The lowest BCUT2D eigenvalue weighted by molar-refractivity contribution is -0.118. The van der Waals surface area contributed by atoms with E-state index < -0.39 is 6.04 Å². The van der Waals surface area contributed by atoms with Crippen molar-refractivity contribution in [3.8, 4) is 0 Å². The van der Waals surface area contributed by atoms with Gasteiger partial charge in [-0.1, -0.05) is 30.0 Å². The average Bonchev–Trinajstić information content (AvgIpc) is 2.68. The van der Waals surface area contributed by atoms with Crippen LogP contribution < -0.4 is 10.6 Å². The molecule has 0 fully saturated rings. The average molecular weight is 298 g/mol. The fourth-order valence-corrected chi connectivity index (χ4v) is 3.58. The van der Waals surface area contributed by atoms with Crippen LogP contribution in [0.15, 0.2) is 46.2 Å². The van der Waals surface area contributed by atoms with Crippen molar-refractivity contribution in [1.29, 1.82) is 0 Å². The van der Waals surface area contributed by atoms with E-state index in [0.29, 0.717) is 0 Å². The number of carbonyl (C=O) groups excluding carboxylic acids is 1. The van der Waals surface area contributed by atoms with Gasteiger partial charge in [0.15, 0.2) is 0 Å². The molecular formula is C17H18N2OS. The Morgan fingerprint density at radius 1 is 1.14 bits per heavy atom. The van der Waals surface area contributed by atoms with Gasteiger partial charge in [0.05, 0.1) is 0 Å². The fourth-order valence-electron chi connectivity index (χ4n) is 2.55. The van der Waals surface area contributed by atoms with Gasteiger partial charge in [-0.15, -0.1) is 0 Å². The highest BCUT2D eigenvalue weighted by Gasteiger charge is 2.32. The Hall–Kier alpha value is -1.78. The maximum Gasteiger partial charge on any atom is 0.248 e. The van der Waals surface area contributed by atoms with Crippen LogP contribution in [0.4, 0.5) is 5.69 Å². The maximum absolute atomic E-state index is 11.9. The number of fused-ring (bicyclic) bond motifs is 1. The van der Waals surface area contributed by atoms with Crippen LogP contribution in [0.2, 0.25) is 0 Å². The number of hydrogen-bond donors (Lipinski definition) is 1. The van der Waals surface area contributed by atoms with Crippen molar-refractivity contribution in [2.24, 2.45) is 5.73 Å². The lowest BCUT2D eigenvalue weighted by atomic mass is 10.1. The van der Waals surface area contributed by atoms with Gasteiger partial charge in [0.2, 0.25) is 5.91 Å². The first-order valence-electron chi connectivity index (χ1n) is 6.89. The monoisotopic (exact) mass is 298 g/mol. The predicted octanol–water partition coefficient (Wildman–Crippen LogP) is 3.43. The van der Waals surface area contributed by atoms with E-state index in [1.165, 1.54) is 16.0 Å². The van der Waals surface area contributed by atoms with E-state index in [1.54, 1.807) is 23.7 Å². The molecule has 0 saturated carbocycles. The summed E-state index contributed by atoms with van der Waals surface area (Å²) in [5.74, 6) is -0.0427. The second-order valence-corrected chi connectivity index (χ2v) is 6.58. The number of nitrogens with zero attached hydrogens (tertiary/aromatic N) is 1. The van der Waals surface area contributed by atoms with Gasteiger partial charge in [-0.2, -0.15) is 0 Å². The molecular weight excluding hydrogens is 280 g/mol. The molecule has 2 aromatic rings. The molecule has 0 aliphatic carbocycles. The van der Waals surface area contributed by atoms with Crippen molar-refractivity contribution in [3.05, 3.63) is 53.1 Å². The van der Waals surface area contributed by atoms with E-state index in [1.807, 2.05) is 18.2 Å². The number of carbonyl (C=O) groups is 1. The summed E-state index contributed by atoms with van der Waals surface area (Å²) in [5.41, 5.74) is 10.3. The van der Waals surface area contributed by atoms with Crippen molar-refractivity contribution in [2.45, 2.75) is 29.7 Å². The topological polar surface area (TPSA) is 46.3 Å². The van der Waals surface area contributed by atoms with Crippen LogP contribution >= 0.6 is 11.8 Å². The largest absolute Gasteiger partial charge is 0.316 e. The molecule has 3 nitrogen and oxygen atoms in total. The Morgan fingerprint density at radius 3 is 2.67 bits per heavy atom. The summed E-state index contributed by atoms with van der Waals surface area (Å²) in [7, 11) is 1.78. The molecule has 4 heteroatoms. The molecule has 1 atom stereocenters. The molecule has 0 aromatic heterocycles. The Bertz CT molecular complexity index is 727. The van der Waals surface area contributed by atoms with Crippen molar-refractivity contribution < 1.29 is 4.79 Å². The Kier molecular flexibility index (Phi) is 3.51. The third-order valence-electron chi connectivity index (χ3n) is 3.87. The maximum atomic E-state index is 11.9. The zero-order valence-electron chi connectivity index (χ0n) is 12.4. The molecule has 2 aromatic carbocycles. The number of amides is 1. The van der Waals surface area contributed by atoms with E-state index >= 15 is 0 Å². The molecule has 2 N–H and O–H groups in total. The van der Waals surface area contributed by atoms with Gasteiger partial charge in [0.25, 0.3) is 0 Å². The van der Waals surface area contributed by atoms with E-state index in [9.17, 15) is 4.79 Å². The van der Waals surface area contributed by atoms with Crippen molar-refractivity contribution >= 4 is 23.4 Å². The van der Waals surface area contributed by atoms with Crippen LogP contribution in [0.5, 0.6) is 0 Å². The smallest absolute Gasteiger partial charge is 0.248 e. The van der Waals surface area contributed by atoms with E-state index in [2.05, 4.69) is 32.0 Å². The van der Waals surface area contributed by atoms with Crippen LogP contribution in [0.25, 0.3) is 0 Å². The van der Waals surface area contributed by atoms with Gasteiger partial charge in [0, 0.05) is 28.1 Å². The molecule has 0 saturated heterocycles. The molecule has 21 heavy (non-hydrogen) atoms. The first-order chi connectivity index (χ1) is 9.97. The molecule has 3 rings (SSSR count). The van der Waals surface area contributed by atoms with Crippen molar-refractivity contribution in [2.75, 3.05) is 11.9 Å². The Balaban J connectivity index is 1.95. The van der Waals surface area contributed by atoms with Gasteiger partial charge in [-0.05, 0) is 43.2 Å². The van der Waals surface area contributed by atoms with Gasteiger partial charge in [-0.3, -0.25) is 4.79 Å². The molecule has 1 unspecified atom stereocenters. The van der Waals surface area contributed by atoms with E-state index in [0.717, 1.165) is 16.1 Å². The first-order valence-corrected chi connectivity index (χ1v) is 7.71. The highest BCUT2D eigenvalue weighted by Crippen LogP contribution is 2.39. The van der Waals surface area contributed by atoms with Gasteiger partial charge in [-0.25, -0.2) is 0 Å². The van der Waals surface area contributed by atoms with E-state index in [-0.39, 0.29) is 5.91 Å². The minimum Gasteiger partial charge on any atom is -0.316 e. The first kappa shape index (κ1) is 14.2. The lowest BCUT2D eigenvalue weighted by Crippen LogP contribution is -2.27. The van der Waals surface area contributed by atoms with Crippen molar-refractivity contribution in [3.63, 3.8) is 0 Å². The molecule has 1 amide bonds. The molecule has 0 spiro atoms. The van der Waals surface area contributed by atoms with Gasteiger partial charge in [0.1, 0.15) is 6.04 Å². The summed E-state index contributed by atoms with van der Waals surface area (Å²) in [5, 5.41) is 0. The summed E-state index contributed by atoms with van der Waals surface area (Å²) in [6.45, 7) is 4.21. The minimum absolute atomic E-state index is 0.0427. The van der Waals surface area contributed by atoms with Gasteiger partial charge < -0.3 is 10.6 Å². The highest BCUT2D eigenvalue weighted by molar-refractivity contribution is 7.99. The van der Waals surface area contributed by atoms with Crippen LogP contribution in [0, 0.1) is 13.8 Å². The second-order valence-electron chi connectivity index (χ2n) is 5.47. The zero-order chi connectivity index (χ0) is 15.1. The van der Waals surface area contributed by atoms with Gasteiger partial charge >= 0.3 is 0 Å². The number of likely N-dealkylation sites (N-methyl/N-ethyl adjacent to an activating group) is 1. The second kappa shape index (κ2) is 5.20. The molecule has 108 valence electrons. The quantitative estimate of drug-likeness (QED) is 0.924. The normalized spacial score (nSPS) is 17.2. The zero-order valence-corrected chi connectivity index (χ0v) is 13.2. The number of hydrogen-bond acceptors (Lipinski definition) is 3. The summed E-state index contributed by atoms with van der Waals surface area (Å²) in [4.78, 5) is 15.9. The Labute approximate surface area is 129 Å². The number of benzene rings is 2. The number of aryl methyl sites for hydroxylation is 2. The number of anilines is 1. The van der Waals surface area contributed by atoms with E-state index in [4.69, 9.17) is 5.73 Å². The lowest BCUT2D eigenvalue weighted by Gasteiger charge is -2.12. The van der Waals surface area contributed by atoms with Crippen LogP contribution in [0.3, 0.4) is 0 Å². The Morgan fingerprint density at radius 2 is 1.90 bits per heavy atom. The number of rotatable bonds is 2. The standard InChI is InChI=1S/C17H18N2OS/c1-10-4-5-11(2)15(8-10)21-12-6-7-13-14(9-12)19(3)17(20)16(13)18/h4-9,16H,18H2,1-3H3. The van der Waals surface area contributed by atoms with Crippen LogP contribution in [-0.2, 0) is 4.79 Å². The third-order valence-corrected chi connectivity index (χ3v) is 5.02.